The number of aromatic nitrogens is 2. The molecular weight excluding hydrogens is 374 g/mol. The quantitative estimate of drug-likeness (QED) is 0.640. The van der Waals surface area contributed by atoms with Gasteiger partial charge >= 0.3 is 0 Å². The molecule has 2 aromatic rings. The Balaban J connectivity index is 1.45. The van der Waals surface area contributed by atoms with Crippen molar-refractivity contribution in [1.82, 2.24) is 15.3 Å². The third kappa shape index (κ3) is 4.40. The molecule has 2 aliphatic rings. The number of H-pyrrole nitrogens is 1. The summed E-state index contributed by atoms with van der Waals surface area (Å²) in [5.41, 5.74) is 3.44. The molecule has 0 unspecified atom stereocenters. The standard InChI is InChI=1S/C25H35N3O2/c1-15(2)21-11-18(12-24-27-22-9-8-20(30-4)13-23(22)28-24)16(3)10-19(21)14-26-25(29)17-6-5-7-17/h8-10,13,15,17-19,21H,5-7,11-12,14H2,1-4H3,(H,26,29)(H,27,28)/t18-,19-,21-/m0/s1. The number of hydrogen-bond acceptors (Lipinski definition) is 3. The van der Waals surface area contributed by atoms with Crippen molar-refractivity contribution in [2.24, 2.45) is 29.6 Å². The van der Waals surface area contributed by atoms with Gasteiger partial charge in [0.05, 0.1) is 18.1 Å². The first-order chi connectivity index (χ1) is 14.4. The summed E-state index contributed by atoms with van der Waals surface area (Å²) in [7, 11) is 1.69. The Morgan fingerprint density at radius 2 is 2.13 bits per heavy atom. The van der Waals surface area contributed by atoms with Crippen LogP contribution in [-0.4, -0.2) is 29.5 Å². The molecule has 162 valence electrons. The normalized spacial score (nSPS) is 24.6. The minimum atomic E-state index is 0.259. The van der Waals surface area contributed by atoms with Gasteiger partial charge in [-0.3, -0.25) is 4.79 Å². The van der Waals surface area contributed by atoms with Gasteiger partial charge in [-0.1, -0.05) is 31.9 Å². The van der Waals surface area contributed by atoms with E-state index in [9.17, 15) is 4.79 Å². The molecule has 1 aromatic carbocycles. The summed E-state index contributed by atoms with van der Waals surface area (Å²) in [6, 6.07) is 5.97. The summed E-state index contributed by atoms with van der Waals surface area (Å²) < 4.78 is 5.33. The van der Waals surface area contributed by atoms with E-state index < -0.39 is 0 Å². The highest BCUT2D eigenvalue weighted by Gasteiger charge is 2.33. The lowest BCUT2D eigenvalue weighted by molar-refractivity contribution is -0.127. The molecule has 1 saturated carbocycles. The van der Waals surface area contributed by atoms with E-state index in [0.29, 0.717) is 23.7 Å². The predicted octanol–water partition coefficient (Wildman–Crippen LogP) is 4.88. The molecule has 2 N–H and O–H groups in total. The summed E-state index contributed by atoms with van der Waals surface area (Å²) in [4.78, 5) is 20.6. The van der Waals surface area contributed by atoms with Crippen molar-refractivity contribution < 1.29 is 9.53 Å². The summed E-state index contributed by atoms with van der Waals surface area (Å²) in [5, 5.41) is 3.24. The second-order valence-corrected chi connectivity index (χ2v) is 9.56. The third-order valence-corrected chi connectivity index (χ3v) is 7.25. The van der Waals surface area contributed by atoms with Crippen LogP contribution in [0.15, 0.2) is 29.8 Å². The molecule has 2 aliphatic carbocycles. The number of imidazole rings is 1. The molecule has 5 heteroatoms. The molecule has 0 spiro atoms. The maximum Gasteiger partial charge on any atom is 0.223 e. The SMILES string of the molecule is COc1ccc2nc(C[C@@H]3C[C@@H](C(C)C)[C@H](CNC(=O)C4CCC4)C=C3C)[nH]c2c1. The van der Waals surface area contributed by atoms with Gasteiger partial charge in [-0.25, -0.2) is 4.98 Å². The maximum atomic E-state index is 12.3. The van der Waals surface area contributed by atoms with Gasteiger partial charge in [0.15, 0.2) is 0 Å². The van der Waals surface area contributed by atoms with E-state index in [1.165, 1.54) is 12.0 Å². The Hall–Kier alpha value is -2.30. The Bertz CT molecular complexity index is 926. The molecule has 4 rings (SSSR count). The molecule has 1 amide bonds. The van der Waals surface area contributed by atoms with Crippen molar-refractivity contribution >= 4 is 16.9 Å². The van der Waals surface area contributed by atoms with Crippen molar-refractivity contribution in [3.63, 3.8) is 0 Å². The molecule has 0 saturated heterocycles. The molecular formula is C25H35N3O2. The van der Waals surface area contributed by atoms with E-state index in [1.54, 1.807) is 7.11 Å². The Labute approximate surface area is 179 Å². The average molecular weight is 410 g/mol. The number of aromatic amines is 1. The Kier molecular flexibility index (Phi) is 6.16. The van der Waals surface area contributed by atoms with Crippen LogP contribution in [0.4, 0.5) is 0 Å². The number of benzene rings is 1. The first-order valence-corrected chi connectivity index (χ1v) is 11.4. The van der Waals surface area contributed by atoms with E-state index in [4.69, 9.17) is 9.72 Å². The molecule has 1 heterocycles. The minimum Gasteiger partial charge on any atom is -0.497 e. The first-order valence-electron chi connectivity index (χ1n) is 11.4. The smallest absolute Gasteiger partial charge is 0.223 e. The molecule has 0 radical (unpaired) electrons. The largest absolute Gasteiger partial charge is 0.497 e. The number of carbonyl (C=O) groups excluding carboxylic acids is 1. The molecule has 3 atom stereocenters. The molecule has 0 bridgehead atoms. The number of ether oxygens (including phenoxy) is 1. The number of amides is 1. The zero-order valence-electron chi connectivity index (χ0n) is 18.7. The van der Waals surface area contributed by atoms with Crippen LogP contribution in [-0.2, 0) is 11.2 Å². The third-order valence-electron chi connectivity index (χ3n) is 7.25. The Morgan fingerprint density at radius 1 is 1.33 bits per heavy atom. The number of nitrogens with one attached hydrogen (secondary N) is 2. The zero-order chi connectivity index (χ0) is 21.3. The molecule has 1 fully saturated rings. The lowest BCUT2D eigenvalue weighted by Gasteiger charge is -2.37. The van der Waals surface area contributed by atoms with Gasteiger partial charge < -0.3 is 15.0 Å². The lowest BCUT2D eigenvalue weighted by atomic mass is 9.69. The lowest BCUT2D eigenvalue weighted by Crippen LogP contribution is -2.40. The fourth-order valence-corrected chi connectivity index (χ4v) is 5.04. The number of nitrogens with zero attached hydrogens (tertiary/aromatic N) is 1. The van der Waals surface area contributed by atoms with Crippen molar-refractivity contribution in [3.05, 3.63) is 35.7 Å². The van der Waals surface area contributed by atoms with E-state index in [2.05, 4.69) is 37.1 Å². The highest BCUT2D eigenvalue weighted by Crippen LogP contribution is 2.39. The maximum absolute atomic E-state index is 12.3. The average Bonchev–Trinajstić information content (AvgIpc) is 3.07. The number of fused-ring (bicyclic) bond motifs is 1. The van der Waals surface area contributed by atoms with Gasteiger partial charge in [0, 0.05) is 24.9 Å². The van der Waals surface area contributed by atoms with Gasteiger partial charge in [0.1, 0.15) is 11.6 Å². The van der Waals surface area contributed by atoms with Gasteiger partial charge in [-0.2, -0.15) is 0 Å². The van der Waals surface area contributed by atoms with Crippen molar-refractivity contribution in [3.8, 4) is 5.75 Å². The number of carbonyl (C=O) groups is 1. The van der Waals surface area contributed by atoms with Crippen molar-refractivity contribution in [2.45, 2.75) is 52.9 Å². The van der Waals surface area contributed by atoms with E-state index in [0.717, 1.165) is 54.8 Å². The van der Waals surface area contributed by atoms with E-state index in [1.807, 2.05) is 18.2 Å². The highest BCUT2D eigenvalue weighted by molar-refractivity contribution is 5.79. The number of hydrogen-bond donors (Lipinski definition) is 2. The van der Waals surface area contributed by atoms with E-state index >= 15 is 0 Å². The van der Waals surface area contributed by atoms with Crippen LogP contribution < -0.4 is 10.1 Å². The fraction of sp³-hybridized carbons (Fsp3) is 0.600. The predicted molar refractivity (Wildman–Crippen MR) is 120 cm³/mol. The van der Waals surface area contributed by atoms with Crippen molar-refractivity contribution in [2.75, 3.05) is 13.7 Å². The highest BCUT2D eigenvalue weighted by atomic mass is 16.5. The van der Waals surface area contributed by atoms with Crippen LogP contribution in [0.2, 0.25) is 0 Å². The van der Waals surface area contributed by atoms with Crippen LogP contribution >= 0.6 is 0 Å². The zero-order valence-corrected chi connectivity index (χ0v) is 18.7. The summed E-state index contributed by atoms with van der Waals surface area (Å²) >= 11 is 0. The van der Waals surface area contributed by atoms with Gasteiger partial charge in [-0.15, -0.1) is 0 Å². The van der Waals surface area contributed by atoms with Crippen LogP contribution in [0.1, 0.15) is 52.3 Å². The molecule has 30 heavy (non-hydrogen) atoms. The second kappa shape index (κ2) is 8.83. The van der Waals surface area contributed by atoms with Crippen LogP contribution in [0.3, 0.4) is 0 Å². The summed E-state index contributed by atoms with van der Waals surface area (Å²) in [5.74, 6) is 4.47. The van der Waals surface area contributed by atoms with Crippen LogP contribution in [0.25, 0.3) is 11.0 Å². The fourth-order valence-electron chi connectivity index (χ4n) is 5.04. The summed E-state index contributed by atoms with van der Waals surface area (Å²) in [6.07, 6.45) is 7.81. The minimum absolute atomic E-state index is 0.259. The molecule has 0 aliphatic heterocycles. The monoisotopic (exact) mass is 409 g/mol. The second-order valence-electron chi connectivity index (χ2n) is 9.56. The summed E-state index contributed by atoms with van der Waals surface area (Å²) in [6.45, 7) is 7.63. The van der Waals surface area contributed by atoms with E-state index in [-0.39, 0.29) is 11.8 Å². The topological polar surface area (TPSA) is 67.0 Å². The molecule has 5 nitrogen and oxygen atoms in total. The van der Waals surface area contributed by atoms with Gasteiger partial charge in [0.25, 0.3) is 0 Å². The Morgan fingerprint density at radius 3 is 2.80 bits per heavy atom. The van der Waals surface area contributed by atoms with Crippen molar-refractivity contribution in [1.29, 1.82) is 0 Å². The van der Waals surface area contributed by atoms with Gasteiger partial charge in [0.2, 0.25) is 5.91 Å². The van der Waals surface area contributed by atoms with Crippen LogP contribution in [0.5, 0.6) is 5.75 Å². The number of rotatable bonds is 7. The molecule has 1 aromatic heterocycles. The number of allylic oxidation sites excluding steroid dienone is 1. The van der Waals surface area contributed by atoms with Crippen LogP contribution in [0, 0.1) is 29.6 Å². The first kappa shape index (κ1) is 21.0. The van der Waals surface area contributed by atoms with Gasteiger partial charge in [-0.05, 0) is 62.0 Å². The number of methoxy groups -OCH3 is 1.